The smallest absolute Gasteiger partial charge is 0.198 e. The molecule has 3 nitrogen and oxygen atoms in total. The van der Waals surface area contributed by atoms with Crippen molar-refractivity contribution in [3.63, 3.8) is 0 Å². The molecule has 0 radical (unpaired) electrons. The molecule has 4 aliphatic rings. The summed E-state index contributed by atoms with van der Waals surface area (Å²) in [6.45, 7) is 31.5. The average molecular weight is 1010 g/mol. The Morgan fingerprint density at radius 3 is 1.84 bits per heavy atom. The molecule has 0 fully saturated rings. The quantitative estimate of drug-likeness (QED) is 0.179. The lowest BCUT2D eigenvalue weighted by atomic mass is 9.57. The fraction of sp³-hybridized carbons (Fsp3) is 0.324. The molecule has 15 rings (SSSR count). The molecule has 5 heteroatoms. The summed E-state index contributed by atoms with van der Waals surface area (Å²) in [4.78, 5) is 0. The van der Waals surface area contributed by atoms with Crippen molar-refractivity contribution in [1.82, 2.24) is 4.57 Å². The monoisotopic (exact) mass is 1010 g/mol. The van der Waals surface area contributed by atoms with E-state index in [1.807, 2.05) is 11.3 Å². The van der Waals surface area contributed by atoms with Gasteiger partial charge < -0.3 is 14.3 Å². The molecular weight excluding hydrogens is 940 g/mol. The lowest BCUT2D eigenvalue weighted by Gasteiger charge is -2.42. The number of thiophene rings is 1. The molecule has 378 valence electrons. The number of anilines is 2. The zero-order valence-electron chi connectivity index (χ0n) is 46.8. The standard InChI is InChI=1S/C71H69BN2OS/c1-66(2,3)38-22-24-39(25-23-38)73-53-32-43-42-30-48-51(70(10,11)29-27-67(48,4)5)36-57(42)75-56(43)34-45(53)62-63-60(41-19-14-16-20-47(41)71(63,12)13)61-46-31-49-50(69(8,9)28-26-68(49,6)7)35-54(46)74-55-33-44-40-18-15-17-21-58(40)76-59(44)37-52(55)72-64(62)65(61)74/h14-25,30-37,72-73H,26-29H2,1-13H3. The van der Waals surface area contributed by atoms with Gasteiger partial charge in [0, 0.05) is 75.3 Å². The topological polar surface area (TPSA) is 30.1 Å². The number of furan rings is 1. The first-order chi connectivity index (χ1) is 36.0. The van der Waals surface area contributed by atoms with Crippen molar-refractivity contribution in [3.8, 4) is 27.9 Å². The fourth-order valence-corrected chi connectivity index (χ4v) is 16.3. The van der Waals surface area contributed by atoms with E-state index in [0.717, 1.165) is 48.0 Å². The van der Waals surface area contributed by atoms with Crippen molar-refractivity contribution in [1.29, 1.82) is 0 Å². The summed E-state index contributed by atoms with van der Waals surface area (Å²) in [7, 11) is 0.812. The van der Waals surface area contributed by atoms with Crippen molar-refractivity contribution >= 4 is 105 Å². The van der Waals surface area contributed by atoms with E-state index < -0.39 is 0 Å². The van der Waals surface area contributed by atoms with Crippen LogP contribution in [0, 0.1) is 0 Å². The lowest BCUT2D eigenvalue weighted by Crippen LogP contribution is -2.38. The highest BCUT2D eigenvalue weighted by Crippen LogP contribution is 2.59. The number of hydrogen-bond acceptors (Lipinski definition) is 3. The van der Waals surface area contributed by atoms with Crippen molar-refractivity contribution < 1.29 is 4.42 Å². The first-order valence-electron chi connectivity index (χ1n) is 28.2. The molecule has 0 unspecified atom stereocenters. The summed E-state index contributed by atoms with van der Waals surface area (Å²) in [5, 5.41) is 12.0. The summed E-state index contributed by atoms with van der Waals surface area (Å²) in [5.41, 5.74) is 26.1. The van der Waals surface area contributed by atoms with Gasteiger partial charge in [-0.1, -0.05) is 150 Å². The summed E-state index contributed by atoms with van der Waals surface area (Å²) in [5.74, 6) is 0. The van der Waals surface area contributed by atoms with Gasteiger partial charge in [-0.05, 0) is 181 Å². The molecular formula is C71H69BN2OS. The molecule has 4 heterocycles. The molecule has 0 amide bonds. The maximum atomic E-state index is 7.28. The van der Waals surface area contributed by atoms with E-state index in [0.29, 0.717) is 0 Å². The van der Waals surface area contributed by atoms with E-state index in [-0.39, 0.29) is 32.5 Å². The third kappa shape index (κ3) is 6.30. The second-order valence-corrected chi connectivity index (χ2v) is 29.0. The Kier molecular flexibility index (Phi) is 9.17. The number of rotatable bonds is 3. The van der Waals surface area contributed by atoms with E-state index in [2.05, 4.69) is 221 Å². The maximum absolute atomic E-state index is 7.28. The molecule has 0 saturated heterocycles. The molecule has 3 aliphatic carbocycles. The van der Waals surface area contributed by atoms with Crippen LogP contribution in [-0.2, 0) is 32.5 Å². The zero-order valence-corrected chi connectivity index (χ0v) is 47.7. The minimum atomic E-state index is -0.323. The van der Waals surface area contributed by atoms with Crippen LogP contribution in [0.3, 0.4) is 0 Å². The van der Waals surface area contributed by atoms with Gasteiger partial charge >= 0.3 is 0 Å². The maximum Gasteiger partial charge on any atom is 0.198 e. The van der Waals surface area contributed by atoms with Crippen molar-refractivity contribution in [3.05, 3.63) is 160 Å². The molecule has 3 aromatic heterocycles. The van der Waals surface area contributed by atoms with Gasteiger partial charge in [0.2, 0.25) is 0 Å². The summed E-state index contributed by atoms with van der Waals surface area (Å²) in [6, 6.07) is 47.8. The largest absolute Gasteiger partial charge is 0.456 e. The molecule has 0 spiro atoms. The molecule has 0 bridgehead atoms. The fourth-order valence-electron chi connectivity index (χ4n) is 15.1. The van der Waals surface area contributed by atoms with E-state index in [4.69, 9.17) is 4.42 Å². The van der Waals surface area contributed by atoms with Crippen LogP contribution in [0.1, 0.15) is 155 Å². The molecule has 0 atom stereocenters. The van der Waals surface area contributed by atoms with Crippen LogP contribution in [0.5, 0.6) is 0 Å². The Bertz CT molecular complexity index is 4400. The van der Waals surface area contributed by atoms with Crippen LogP contribution in [0.25, 0.3) is 91.9 Å². The molecule has 76 heavy (non-hydrogen) atoms. The van der Waals surface area contributed by atoms with Gasteiger partial charge in [0.1, 0.15) is 11.2 Å². The minimum absolute atomic E-state index is 0.0416. The highest BCUT2D eigenvalue weighted by molar-refractivity contribution is 7.26. The van der Waals surface area contributed by atoms with Gasteiger partial charge in [-0.15, -0.1) is 11.3 Å². The van der Waals surface area contributed by atoms with Gasteiger partial charge in [-0.25, -0.2) is 0 Å². The average Bonchev–Trinajstić information content (AvgIpc) is 4.17. The predicted octanol–water partition coefficient (Wildman–Crippen LogP) is 18.5. The van der Waals surface area contributed by atoms with Gasteiger partial charge in [-0.2, -0.15) is 0 Å². The second kappa shape index (κ2) is 14.9. The Morgan fingerprint density at radius 2 is 1.14 bits per heavy atom. The van der Waals surface area contributed by atoms with Gasteiger partial charge in [0.15, 0.2) is 7.28 Å². The lowest BCUT2D eigenvalue weighted by molar-refractivity contribution is 0.332. The Balaban J connectivity index is 1.12. The number of nitrogens with one attached hydrogen (secondary N) is 1. The Morgan fingerprint density at radius 1 is 0.539 bits per heavy atom. The minimum Gasteiger partial charge on any atom is -0.456 e. The first kappa shape index (κ1) is 46.7. The zero-order chi connectivity index (χ0) is 52.5. The Hall–Kier alpha value is -6.56. The van der Waals surface area contributed by atoms with E-state index in [1.165, 1.54) is 138 Å². The van der Waals surface area contributed by atoms with Gasteiger partial charge in [0.25, 0.3) is 0 Å². The second-order valence-electron chi connectivity index (χ2n) is 27.9. The van der Waals surface area contributed by atoms with Crippen LogP contribution >= 0.6 is 11.3 Å². The third-order valence-corrected chi connectivity index (χ3v) is 21.0. The van der Waals surface area contributed by atoms with Gasteiger partial charge in [-0.3, -0.25) is 0 Å². The van der Waals surface area contributed by atoms with Crippen LogP contribution in [0.15, 0.2) is 126 Å². The van der Waals surface area contributed by atoms with Crippen molar-refractivity contribution in [2.45, 2.75) is 148 Å². The number of hydrogen-bond donors (Lipinski definition) is 1. The van der Waals surface area contributed by atoms with Crippen LogP contribution < -0.4 is 16.2 Å². The normalized spacial score (nSPS) is 18.2. The first-order valence-corrected chi connectivity index (χ1v) is 29.0. The highest BCUT2D eigenvalue weighted by Gasteiger charge is 2.45. The van der Waals surface area contributed by atoms with Crippen LogP contribution in [-0.4, -0.2) is 11.8 Å². The molecule has 0 saturated carbocycles. The number of fused-ring (bicyclic) bond motifs is 17. The number of nitrogens with zero attached hydrogens (tertiary/aromatic N) is 1. The van der Waals surface area contributed by atoms with E-state index in [9.17, 15) is 0 Å². The summed E-state index contributed by atoms with van der Waals surface area (Å²) >= 11 is 1.93. The summed E-state index contributed by atoms with van der Waals surface area (Å²) < 4.78 is 12.7. The van der Waals surface area contributed by atoms with Crippen LogP contribution in [0.2, 0.25) is 0 Å². The van der Waals surface area contributed by atoms with Crippen LogP contribution in [0.4, 0.5) is 11.4 Å². The molecule has 1 aliphatic heterocycles. The van der Waals surface area contributed by atoms with Crippen molar-refractivity contribution in [2.75, 3.05) is 5.32 Å². The number of benzene rings is 8. The van der Waals surface area contributed by atoms with Crippen molar-refractivity contribution in [2.24, 2.45) is 0 Å². The SMILES string of the molecule is CC(C)(C)c1ccc(Nc2cc3c(cc2-c2c4c(c5c6cc7c(cc6n6c5c2Bc2cc5sc8ccccc8c5cc2-6)C(C)(C)CCC7(C)C)-c2ccccc2C4(C)C)oc2cc4c(cc23)C(C)(C)CCC4(C)C)cc1. The predicted molar refractivity (Wildman–Crippen MR) is 329 cm³/mol. The summed E-state index contributed by atoms with van der Waals surface area (Å²) in [6.07, 6.45) is 4.66. The molecule has 1 N–H and O–H groups in total. The van der Waals surface area contributed by atoms with Gasteiger partial charge in [0.05, 0.1) is 5.52 Å². The highest BCUT2D eigenvalue weighted by atomic mass is 32.1. The number of aromatic nitrogens is 1. The molecule has 8 aromatic carbocycles. The molecule has 11 aromatic rings. The van der Waals surface area contributed by atoms with E-state index in [1.54, 1.807) is 0 Å². The third-order valence-electron chi connectivity index (χ3n) is 19.8. The Labute approximate surface area is 453 Å². The van der Waals surface area contributed by atoms with E-state index >= 15 is 0 Å².